The summed E-state index contributed by atoms with van der Waals surface area (Å²) < 4.78 is 91.2. The molecule has 0 fully saturated rings. The van der Waals surface area contributed by atoms with E-state index < -0.39 is 23.3 Å². The third-order valence-corrected chi connectivity index (χ3v) is 13.1. The molecule has 0 saturated carbocycles. The highest BCUT2D eigenvalue weighted by molar-refractivity contribution is 5.86. The SMILES string of the molecule is Cc1cc(F)c(C)c(F)c1.Cc1ccc(C)c(F)c1.Cc1ccc(C)cc1.Cc1ccc2c(F)c(C)c(F)cc2c1.Cc1ccc2c(F)c(C)ccc2c1.Cc1ccc2cc(C)c(F)cc2c1.Cc1ccc2cc(C)ccc2c1. The van der Waals surface area contributed by atoms with Crippen molar-refractivity contribution in [3.8, 4) is 0 Å². The summed E-state index contributed by atoms with van der Waals surface area (Å²) in [4.78, 5) is 0. The van der Waals surface area contributed by atoms with Gasteiger partial charge in [0.1, 0.15) is 40.7 Å². The molecule has 0 aliphatic carbocycles. The summed E-state index contributed by atoms with van der Waals surface area (Å²) in [7, 11) is 0. The fourth-order valence-corrected chi connectivity index (χ4v) is 8.17. The predicted molar refractivity (Wildman–Crippen MR) is 321 cm³/mol. The minimum absolute atomic E-state index is 0.0846. The Balaban J connectivity index is 0.000000171. The van der Waals surface area contributed by atoms with E-state index in [1.807, 2.05) is 94.4 Å². The maximum Gasteiger partial charge on any atom is 0.136 e. The van der Waals surface area contributed by atoms with Gasteiger partial charge in [0.2, 0.25) is 0 Å². The minimum atomic E-state index is -0.486. The fraction of sp³-hybridized carbons (Fsp3) is 0.194. The quantitative estimate of drug-likeness (QED) is 0.133. The average Bonchev–Trinajstić information content (AvgIpc) is 3.44. The molecule has 0 bridgehead atoms. The molecule has 11 aromatic carbocycles. The maximum atomic E-state index is 13.6. The van der Waals surface area contributed by atoms with E-state index in [0.29, 0.717) is 38.4 Å². The number of hydrogen-bond acceptors (Lipinski definition) is 0. The van der Waals surface area contributed by atoms with Gasteiger partial charge in [-0.2, -0.15) is 0 Å². The predicted octanol–water partition coefficient (Wildman–Crippen LogP) is 21.7. The highest BCUT2D eigenvalue weighted by Crippen LogP contribution is 2.25. The number of hydrogen-bond donors (Lipinski definition) is 0. The molecule has 0 aliphatic heterocycles. The Bertz CT molecular complexity index is 3760. The summed E-state index contributed by atoms with van der Waals surface area (Å²) in [5.41, 5.74) is 12.5. The lowest BCUT2D eigenvalue weighted by Crippen LogP contribution is -1.90. The molecular formula is C72H71F7. The van der Waals surface area contributed by atoms with Crippen molar-refractivity contribution >= 4 is 43.1 Å². The van der Waals surface area contributed by atoms with E-state index in [4.69, 9.17) is 0 Å². The van der Waals surface area contributed by atoms with Crippen molar-refractivity contribution < 1.29 is 30.7 Å². The lowest BCUT2D eigenvalue weighted by atomic mass is 10.0. The van der Waals surface area contributed by atoms with Gasteiger partial charge in [-0.3, -0.25) is 0 Å². The monoisotopic (exact) mass is 1070 g/mol. The summed E-state index contributed by atoms with van der Waals surface area (Å²) in [5.74, 6) is -2.23. The van der Waals surface area contributed by atoms with Crippen LogP contribution in [0.3, 0.4) is 0 Å². The normalized spacial score (nSPS) is 10.3. The first-order chi connectivity index (χ1) is 37.3. The van der Waals surface area contributed by atoms with Crippen LogP contribution in [0.5, 0.6) is 0 Å². The van der Waals surface area contributed by atoms with E-state index in [1.165, 1.54) is 71.1 Å². The first-order valence-electron chi connectivity index (χ1n) is 26.1. The number of fused-ring (bicyclic) bond motifs is 4. The molecule has 0 aromatic heterocycles. The zero-order valence-corrected chi connectivity index (χ0v) is 47.9. The molecule has 0 nitrogen and oxygen atoms in total. The standard InChI is InChI=1S/C12H10F2.2C12H11F.C12H12.C8H8F2.C8H9F.C8H10/c1-7-3-4-10-9(5-7)6-11(13)8(2)12(10)14;1-8-3-6-11-10(7-8)5-4-9(2)12(11)13;1-8-3-4-10-6-9(2)12(13)7-11(10)5-8;1-9-3-5-12-8-10(2)4-6-11(12)7-9;1-5-3-7(9)6(2)8(10)4-5;1-6-3-4-7(2)8(9)5-6;1-7-3-5-8(2)6-4-7/h3-6H,1-2H3;2*3-7H,1-2H3;3-8H,1-2H3;3-4H,1-2H3;3-5H,1-2H3;3-6H,1-2H3. The second-order valence-electron chi connectivity index (χ2n) is 20.5. The van der Waals surface area contributed by atoms with Crippen LogP contribution in [-0.2, 0) is 0 Å². The molecule has 0 saturated heterocycles. The molecule has 0 N–H and O–H groups in total. The van der Waals surface area contributed by atoms with Gasteiger partial charge in [0, 0.05) is 21.9 Å². The lowest BCUT2D eigenvalue weighted by molar-refractivity contribution is 0.566. The number of halogens is 7. The zero-order valence-electron chi connectivity index (χ0n) is 47.9. The minimum Gasteiger partial charge on any atom is -0.207 e. The summed E-state index contributed by atoms with van der Waals surface area (Å²) in [6.45, 7) is 26.1. The molecule has 79 heavy (non-hydrogen) atoms. The Morgan fingerprint density at radius 1 is 0.190 bits per heavy atom. The van der Waals surface area contributed by atoms with Gasteiger partial charge >= 0.3 is 0 Å². The summed E-state index contributed by atoms with van der Waals surface area (Å²) in [6.07, 6.45) is 0. The summed E-state index contributed by atoms with van der Waals surface area (Å²) in [5, 5.41) is 7.53. The molecule has 7 heteroatoms. The molecule has 0 spiro atoms. The van der Waals surface area contributed by atoms with Crippen molar-refractivity contribution in [2.45, 2.75) is 96.9 Å². The van der Waals surface area contributed by atoms with E-state index in [9.17, 15) is 30.7 Å². The third-order valence-electron chi connectivity index (χ3n) is 13.1. The average molecular weight is 1070 g/mol. The second-order valence-corrected chi connectivity index (χ2v) is 20.5. The first kappa shape index (κ1) is 61.8. The van der Waals surface area contributed by atoms with Crippen LogP contribution >= 0.6 is 0 Å². The first-order valence-corrected chi connectivity index (χ1v) is 26.1. The zero-order chi connectivity index (χ0) is 58.2. The van der Waals surface area contributed by atoms with Crippen LogP contribution in [0, 0.1) is 138 Å². The van der Waals surface area contributed by atoms with Crippen LogP contribution in [0.15, 0.2) is 176 Å². The van der Waals surface area contributed by atoms with E-state index in [-0.39, 0.29) is 28.6 Å². The van der Waals surface area contributed by atoms with Crippen molar-refractivity contribution in [2.24, 2.45) is 0 Å². The Morgan fingerprint density at radius 3 is 0.987 bits per heavy atom. The fourth-order valence-electron chi connectivity index (χ4n) is 8.17. The molecule has 0 heterocycles. The Morgan fingerprint density at radius 2 is 0.506 bits per heavy atom. The van der Waals surface area contributed by atoms with Crippen LogP contribution in [0.2, 0.25) is 0 Å². The number of aryl methyl sites for hydroxylation is 12. The van der Waals surface area contributed by atoms with Gasteiger partial charge in [-0.1, -0.05) is 178 Å². The molecule has 0 radical (unpaired) electrons. The van der Waals surface area contributed by atoms with Gasteiger partial charge in [-0.15, -0.1) is 0 Å². The smallest absolute Gasteiger partial charge is 0.136 e. The maximum absolute atomic E-state index is 13.6. The van der Waals surface area contributed by atoms with Crippen LogP contribution in [-0.4, -0.2) is 0 Å². The molecule has 0 aliphatic rings. The van der Waals surface area contributed by atoms with Crippen molar-refractivity contribution in [3.05, 3.63) is 295 Å². The topological polar surface area (TPSA) is 0 Å². The van der Waals surface area contributed by atoms with E-state index in [2.05, 4.69) is 88.4 Å². The molecular weight excluding hydrogens is 998 g/mol. The van der Waals surface area contributed by atoms with E-state index in [1.54, 1.807) is 52.0 Å². The van der Waals surface area contributed by atoms with Crippen LogP contribution in [0.4, 0.5) is 30.7 Å². The van der Waals surface area contributed by atoms with Crippen LogP contribution in [0.25, 0.3) is 43.1 Å². The van der Waals surface area contributed by atoms with Gasteiger partial charge in [0.25, 0.3) is 0 Å². The second kappa shape index (κ2) is 28.6. The Kier molecular flexibility index (Phi) is 22.3. The summed E-state index contributed by atoms with van der Waals surface area (Å²) >= 11 is 0. The molecule has 11 rings (SSSR count). The molecule has 0 amide bonds. The Labute approximate surface area is 463 Å². The third kappa shape index (κ3) is 18.3. The van der Waals surface area contributed by atoms with E-state index >= 15 is 0 Å². The molecule has 0 atom stereocenters. The van der Waals surface area contributed by atoms with Crippen LogP contribution < -0.4 is 0 Å². The van der Waals surface area contributed by atoms with Gasteiger partial charge in [0.15, 0.2) is 0 Å². The van der Waals surface area contributed by atoms with Crippen molar-refractivity contribution in [2.75, 3.05) is 0 Å². The Hall–Kier alpha value is -8.03. The van der Waals surface area contributed by atoms with Crippen molar-refractivity contribution in [3.63, 3.8) is 0 Å². The van der Waals surface area contributed by atoms with Gasteiger partial charge in [-0.05, 0) is 193 Å². The van der Waals surface area contributed by atoms with Gasteiger partial charge in [-0.25, -0.2) is 30.7 Å². The highest BCUT2D eigenvalue weighted by atomic mass is 19.2. The number of rotatable bonds is 0. The lowest BCUT2D eigenvalue weighted by Gasteiger charge is -2.04. The van der Waals surface area contributed by atoms with Crippen molar-refractivity contribution in [1.82, 2.24) is 0 Å². The van der Waals surface area contributed by atoms with Gasteiger partial charge in [0.05, 0.1) is 0 Å². The summed E-state index contributed by atoms with van der Waals surface area (Å²) in [6, 6.07) is 55.2. The number of benzene rings is 11. The highest BCUT2D eigenvalue weighted by Gasteiger charge is 2.10. The van der Waals surface area contributed by atoms with Crippen molar-refractivity contribution in [1.29, 1.82) is 0 Å². The molecule has 11 aromatic rings. The van der Waals surface area contributed by atoms with Gasteiger partial charge < -0.3 is 0 Å². The molecule has 0 unspecified atom stereocenters. The van der Waals surface area contributed by atoms with Crippen LogP contribution in [0.1, 0.15) is 77.9 Å². The molecule has 408 valence electrons. The largest absolute Gasteiger partial charge is 0.207 e. The van der Waals surface area contributed by atoms with E-state index in [0.717, 1.165) is 38.4 Å².